The molecule has 25 heavy (non-hydrogen) atoms. The lowest BCUT2D eigenvalue weighted by Crippen LogP contribution is -2.07. The largest absolute Gasteiger partial charge is 0.505 e. The molecule has 1 aliphatic rings. The van der Waals surface area contributed by atoms with E-state index in [1.54, 1.807) is 48.0 Å². The van der Waals surface area contributed by atoms with Gasteiger partial charge in [-0.15, -0.1) is 0 Å². The number of hydrogen-bond acceptors (Lipinski definition) is 5. The van der Waals surface area contributed by atoms with E-state index in [9.17, 15) is 9.90 Å². The van der Waals surface area contributed by atoms with Crippen LogP contribution in [0.15, 0.2) is 36.4 Å². The number of hydrogen-bond donors (Lipinski definition) is 1. The maximum atomic E-state index is 12.9. The molecule has 1 aliphatic heterocycles. The Morgan fingerprint density at radius 1 is 1.20 bits per heavy atom. The molecular weight excluding hydrogens is 322 g/mol. The van der Waals surface area contributed by atoms with Crippen molar-refractivity contribution in [3.8, 4) is 23.0 Å². The number of rotatable bonds is 4. The van der Waals surface area contributed by atoms with Gasteiger partial charge in [0, 0.05) is 24.1 Å². The number of ether oxygens (including phenoxy) is 3. The maximum absolute atomic E-state index is 12.9. The summed E-state index contributed by atoms with van der Waals surface area (Å²) >= 11 is 0. The van der Waals surface area contributed by atoms with Crippen LogP contribution >= 0.6 is 0 Å². The average molecular weight is 339 g/mol. The van der Waals surface area contributed by atoms with E-state index < -0.39 is 0 Å². The Hall–Kier alpha value is -3.15. The minimum atomic E-state index is -0.263. The van der Waals surface area contributed by atoms with Crippen LogP contribution in [0.3, 0.4) is 0 Å². The summed E-state index contributed by atoms with van der Waals surface area (Å²) in [5, 5.41) is 11.2. The van der Waals surface area contributed by atoms with Crippen LogP contribution in [0.2, 0.25) is 0 Å². The normalized spacial score (nSPS) is 12.6. The number of aromatic hydroxyl groups is 1. The first kappa shape index (κ1) is 15.4. The SMILES string of the molecule is CCOc1ccc(C(=O)c2c(O)c3cc4c(cc3n2C)OCO4)cc1. The molecule has 1 aromatic heterocycles. The number of carbonyl (C=O) groups is 1. The summed E-state index contributed by atoms with van der Waals surface area (Å²) in [6.45, 7) is 2.62. The van der Waals surface area contributed by atoms with Gasteiger partial charge in [0.05, 0.1) is 12.1 Å². The molecule has 128 valence electrons. The van der Waals surface area contributed by atoms with Crippen LogP contribution in [0.25, 0.3) is 10.9 Å². The molecule has 6 nitrogen and oxygen atoms in total. The fraction of sp³-hybridized carbons (Fsp3) is 0.211. The highest BCUT2D eigenvalue weighted by Gasteiger charge is 2.25. The molecular formula is C19H17NO5. The van der Waals surface area contributed by atoms with Crippen LogP contribution in [0.5, 0.6) is 23.0 Å². The molecule has 0 bridgehead atoms. The fourth-order valence-corrected chi connectivity index (χ4v) is 3.07. The molecule has 0 amide bonds. The van der Waals surface area contributed by atoms with Crippen molar-refractivity contribution in [3.05, 3.63) is 47.7 Å². The minimum Gasteiger partial charge on any atom is -0.505 e. The smallest absolute Gasteiger partial charge is 0.231 e. The number of ketones is 1. The van der Waals surface area contributed by atoms with E-state index in [4.69, 9.17) is 14.2 Å². The highest BCUT2D eigenvalue weighted by Crippen LogP contribution is 2.41. The van der Waals surface area contributed by atoms with Crippen LogP contribution in [0.1, 0.15) is 23.0 Å². The fourth-order valence-electron chi connectivity index (χ4n) is 3.07. The Bertz CT molecular complexity index is 925. The number of aromatic nitrogens is 1. The monoisotopic (exact) mass is 339 g/mol. The molecule has 0 aliphatic carbocycles. The van der Waals surface area contributed by atoms with E-state index in [2.05, 4.69) is 0 Å². The van der Waals surface area contributed by atoms with E-state index in [-0.39, 0.29) is 24.0 Å². The Kier molecular flexibility index (Phi) is 3.53. The second-order valence-corrected chi connectivity index (χ2v) is 5.77. The van der Waals surface area contributed by atoms with Gasteiger partial charge in [-0.25, -0.2) is 0 Å². The third-order valence-electron chi connectivity index (χ3n) is 4.31. The van der Waals surface area contributed by atoms with Crippen LogP contribution in [-0.2, 0) is 7.05 Å². The molecule has 6 heteroatoms. The minimum absolute atomic E-state index is 0.0605. The van der Waals surface area contributed by atoms with E-state index >= 15 is 0 Å². The lowest BCUT2D eigenvalue weighted by Gasteiger charge is -2.06. The van der Waals surface area contributed by atoms with Crippen LogP contribution < -0.4 is 14.2 Å². The zero-order chi connectivity index (χ0) is 17.6. The van der Waals surface area contributed by atoms with Crippen molar-refractivity contribution in [1.82, 2.24) is 4.57 Å². The van der Waals surface area contributed by atoms with E-state index in [0.29, 0.717) is 40.3 Å². The molecule has 0 atom stereocenters. The zero-order valence-corrected chi connectivity index (χ0v) is 13.9. The molecule has 0 spiro atoms. The van der Waals surface area contributed by atoms with Gasteiger partial charge in [-0.3, -0.25) is 4.79 Å². The summed E-state index contributed by atoms with van der Waals surface area (Å²) in [6.07, 6.45) is 0. The first-order chi connectivity index (χ1) is 12.1. The van der Waals surface area contributed by atoms with Gasteiger partial charge >= 0.3 is 0 Å². The molecule has 1 N–H and O–H groups in total. The topological polar surface area (TPSA) is 69.9 Å². The molecule has 4 rings (SSSR count). The Labute approximate surface area is 144 Å². The van der Waals surface area contributed by atoms with Gasteiger partial charge < -0.3 is 23.9 Å². The van der Waals surface area contributed by atoms with Crippen molar-refractivity contribution in [1.29, 1.82) is 0 Å². The lowest BCUT2D eigenvalue weighted by atomic mass is 10.1. The summed E-state index contributed by atoms with van der Waals surface area (Å²) in [6, 6.07) is 10.3. The van der Waals surface area contributed by atoms with Crippen molar-refractivity contribution < 1.29 is 24.1 Å². The summed E-state index contributed by atoms with van der Waals surface area (Å²) < 4.78 is 17.8. The van der Waals surface area contributed by atoms with Crippen molar-refractivity contribution in [2.24, 2.45) is 7.05 Å². The molecule has 2 heterocycles. The molecule has 0 fully saturated rings. The standard InChI is InChI=1S/C19H17NO5/c1-3-23-12-6-4-11(5-7-12)18(21)17-19(22)13-8-15-16(25-10-24-15)9-14(13)20(17)2/h4-9,22H,3,10H2,1-2H3. The van der Waals surface area contributed by atoms with Crippen molar-refractivity contribution in [2.45, 2.75) is 6.92 Å². The van der Waals surface area contributed by atoms with Gasteiger partial charge in [0.1, 0.15) is 11.4 Å². The third-order valence-corrected chi connectivity index (χ3v) is 4.31. The number of nitrogens with zero attached hydrogens (tertiary/aromatic N) is 1. The highest BCUT2D eigenvalue weighted by molar-refractivity contribution is 6.13. The van der Waals surface area contributed by atoms with Crippen LogP contribution in [0.4, 0.5) is 0 Å². The van der Waals surface area contributed by atoms with E-state index in [1.807, 2.05) is 6.92 Å². The summed E-state index contributed by atoms with van der Waals surface area (Å²) in [4.78, 5) is 12.9. The molecule has 0 saturated carbocycles. The highest BCUT2D eigenvalue weighted by atomic mass is 16.7. The average Bonchev–Trinajstić information content (AvgIpc) is 3.17. The quantitative estimate of drug-likeness (QED) is 0.739. The first-order valence-corrected chi connectivity index (χ1v) is 7.98. The molecule has 0 unspecified atom stereocenters. The maximum Gasteiger partial charge on any atom is 0.231 e. The zero-order valence-electron chi connectivity index (χ0n) is 13.9. The predicted octanol–water partition coefficient (Wildman–Crippen LogP) is 3.24. The molecule has 0 saturated heterocycles. The van der Waals surface area contributed by atoms with Gasteiger partial charge in [0.2, 0.25) is 12.6 Å². The first-order valence-electron chi connectivity index (χ1n) is 7.98. The number of aryl methyl sites for hydroxylation is 1. The number of benzene rings is 2. The Balaban J connectivity index is 1.79. The van der Waals surface area contributed by atoms with E-state index in [0.717, 1.165) is 0 Å². The summed E-state index contributed by atoms with van der Waals surface area (Å²) in [7, 11) is 1.74. The van der Waals surface area contributed by atoms with E-state index in [1.165, 1.54) is 0 Å². The molecule has 3 aromatic rings. The van der Waals surface area contributed by atoms with Crippen LogP contribution in [0, 0.1) is 0 Å². The Morgan fingerprint density at radius 2 is 1.88 bits per heavy atom. The molecule has 0 radical (unpaired) electrons. The van der Waals surface area contributed by atoms with Crippen LogP contribution in [-0.4, -0.2) is 28.9 Å². The van der Waals surface area contributed by atoms with Gasteiger partial charge in [-0.1, -0.05) is 0 Å². The van der Waals surface area contributed by atoms with Gasteiger partial charge in [-0.2, -0.15) is 0 Å². The molecule has 2 aromatic carbocycles. The lowest BCUT2D eigenvalue weighted by molar-refractivity contribution is 0.102. The summed E-state index contributed by atoms with van der Waals surface area (Å²) in [5.74, 6) is 1.54. The Morgan fingerprint density at radius 3 is 2.56 bits per heavy atom. The summed E-state index contributed by atoms with van der Waals surface area (Å²) in [5.41, 5.74) is 1.41. The number of fused-ring (bicyclic) bond motifs is 2. The van der Waals surface area contributed by atoms with Gasteiger partial charge in [0.15, 0.2) is 17.2 Å². The second kappa shape index (κ2) is 5.73. The van der Waals surface area contributed by atoms with Gasteiger partial charge in [-0.05, 0) is 37.3 Å². The van der Waals surface area contributed by atoms with Gasteiger partial charge in [0.25, 0.3) is 0 Å². The number of carbonyl (C=O) groups excluding carboxylic acids is 1. The third kappa shape index (κ3) is 2.38. The second-order valence-electron chi connectivity index (χ2n) is 5.77. The van der Waals surface area contributed by atoms with Crippen molar-refractivity contribution >= 4 is 16.7 Å². The predicted molar refractivity (Wildman–Crippen MR) is 91.8 cm³/mol. The van der Waals surface area contributed by atoms with Crippen molar-refractivity contribution in [2.75, 3.05) is 13.4 Å². The van der Waals surface area contributed by atoms with Crippen molar-refractivity contribution in [3.63, 3.8) is 0 Å².